The number of hydrogen-bond acceptors (Lipinski definition) is 4. The normalized spacial score (nSPS) is 13.0. The number of allylic oxidation sites excluding steroid dienone is 2. The van der Waals surface area contributed by atoms with Crippen LogP contribution in [0.3, 0.4) is 0 Å². The Morgan fingerprint density at radius 2 is 0.767 bits per heavy atom. The molecule has 2 N–H and O–H groups in total. The topological polar surface area (TPSA) is 91.5 Å². The number of aromatic amines is 2. The molecule has 0 radical (unpaired) electrons. The van der Waals surface area contributed by atoms with Gasteiger partial charge in [-0.3, -0.25) is 9.59 Å². The summed E-state index contributed by atoms with van der Waals surface area (Å²) in [5, 5.41) is 0. The molecule has 5 heterocycles. The molecule has 0 saturated heterocycles. The Kier molecular flexibility index (Phi) is 8.34. The van der Waals surface area contributed by atoms with E-state index in [4.69, 9.17) is 9.97 Å². The van der Waals surface area contributed by atoms with E-state index < -0.39 is 0 Å². The number of benzene rings is 5. The third-order valence-electron chi connectivity index (χ3n) is 11.4. The third-order valence-corrected chi connectivity index (χ3v) is 11.4. The Hall–Kier alpha value is -8.22. The Morgan fingerprint density at radius 1 is 0.350 bits per heavy atom. The van der Waals surface area contributed by atoms with Gasteiger partial charge >= 0.3 is 0 Å². The molecule has 282 valence electrons. The minimum absolute atomic E-state index is 0.184. The molecule has 0 saturated carbocycles. The summed E-state index contributed by atoms with van der Waals surface area (Å²) in [7, 11) is 0. The SMILES string of the molecule is O=C1C=CC(=O)c2cc(C3=Cc4nc3c(-c3ccccc3)c3ccc([nH]3)c(-c3ccccc3)c3nc(c(-c5ccccc5)c5ccc([nH]5)c4-c4ccccc4)C=C3)ccc21. The average Bonchev–Trinajstić information content (AvgIpc) is 4.14. The molecule has 6 nitrogen and oxygen atoms in total. The molecular weight excluding hydrogens is 737 g/mol. The maximum absolute atomic E-state index is 13.3. The lowest BCUT2D eigenvalue weighted by molar-refractivity contribution is 0.0994. The Morgan fingerprint density at radius 3 is 1.25 bits per heavy atom. The molecule has 1 aliphatic carbocycles. The van der Waals surface area contributed by atoms with Gasteiger partial charge in [0.15, 0.2) is 11.6 Å². The lowest BCUT2D eigenvalue weighted by atomic mass is 9.89. The second kappa shape index (κ2) is 14.3. The molecule has 3 aromatic heterocycles. The van der Waals surface area contributed by atoms with Crippen LogP contribution >= 0.6 is 0 Å². The van der Waals surface area contributed by atoms with Crippen LogP contribution in [0.5, 0.6) is 0 Å². The van der Waals surface area contributed by atoms with E-state index in [1.165, 1.54) is 12.2 Å². The minimum Gasteiger partial charge on any atom is -0.354 e. The highest BCUT2D eigenvalue weighted by Gasteiger charge is 2.26. The van der Waals surface area contributed by atoms with E-state index in [9.17, 15) is 9.59 Å². The molecule has 0 unspecified atom stereocenters. The third kappa shape index (κ3) is 5.98. The standard InChI is InChI=1S/C54H34N4O2/c59-48-29-30-49(60)40-31-37(21-22-38(40)48)39-32-47-52(35-17-9-3-10-18-35)45-26-25-43(56-45)50(33-13-5-1-6-14-33)41-23-24-42(55-41)51(34-15-7-2-8-16-34)44-27-28-46(57-44)53(54(39)58-47)36-19-11-4-12-20-36/h1-32,56-57H. The largest absolute Gasteiger partial charge is 0.354 e. The van der Waals surface area contributed by atoms with Gasteiger partial charge in [-0.25, -0.2) is 9.97 Å². The lowest BCUT2D eigenvalue weighted by Gasteiger charge is -2.13. The fourth-order valence-corrected chi connectivity index (χ4v) is 8.60. The van der Waals surface area contributed by atoms with Gasteiger partial charge in [-0.2, -0.15) is 0 Å². The maximum atomic E-state index is 13.3. The molecule has 3 aliphatic rings. The number of carbonyl (C=O) groups excluding carboxylic acids is 2. The predicted molar refractivity (Wildman–Crippen MR) is 243 cm³/mol. The van der Waals surface area contributed by atoms with Gasteiger partial charge in [-0.1, -0.05) is 127 Å². The number of rotatable bonds is 5. The number of hydrogen-bond donors (Lipinski definition) is 2. The van der Waals surface area contributed by atoms with Crippen LogP contribution in [-0.2, 0) is 0 Å². The fourth-order valence-electron chi connectivity index (χ4n) is 8.60. The van der Waals surface area contributed by atoms with Crippen LogP contribution in [0.4, 0.5) is 0 Å². The highest BCUT2D eigenvalue weighted by Crippen LogP contribution is 2.42. The Bertz CT molecular complexity index is 3320. The molecule has 8 bridgehead atoms. The van der Waals surface area contributed by atoms with E-state index in [-0.39, 0.29) is 11.6 Å². The zero-order valence-electron chi connectivity index (χ0n) is 32.2. The first-order valence-electron chi connectivity index (χ1n) is 19.9. The smallest absolute Gasteiger partial charge is 0.186 e. The monoisotopic (exact) mass is 770 g/mol. The van der Waals surface area contributed by atoms with Gasteiger partial charge in [0.25, 0.3) is 0 Å². The number of H-pyrrole nitrogens is 2. The predicted octanol–water partition coefficient (Wildman–Crippen LogP) is 12.7. The van der Waals surface area contributed by atoms with Gasteiger partial charge in [-0.05, 0) is 94.6 Å². The van der Waals surface area contributed by atoms with Crippen molar-refractivity contribution in [2.45, 2.75) is 0 Å². The zero-order chi connectivity index (χ0) is 40.2. The molecule has 0 spiro atoms. The van der Waals surface area contributed by atoms with Crippen molar-refractivity contribution >= 4 is 57.4 Å². The number of aromatic nitrogens is 4. The summed E-state index contributed by atoms with van der Waals surface area (Å²) in [6, 6.07) is 55.3. The molecule has 5 aromatic carbocycles. The van der Waals surface area contributed by atoms with E-state index >= 15 is 0 Å². The number of carbonyl (C=O) groups is 2. The number of nitrogens with one attached hydrogen (secondary N) is 2. The summed E-state index contributed by atoms with van der Waals surface area (Å²) in [6.07, 6.45) is 9.03. The second-order valence-corrected chi connectivity index (χ2v) is 15.0. The molecule has 60 heavy (non-hydrogen) atoms. The average molecular weight is 771 g/mol. The first-order chi connectivity index (χ1) is 29.6. The van der Waals surface area contributed by atoms with Crippen molar-refractivity contribution in [3.63, 3.8) is 0 Å². The van der Waals surface area contributed by atoms with Gasteiger partial charge in [0, 0.05) is 61.0 Å². The highest BCUT2D eigenvalue weighted by atomic mass is 16.1. The van der Waals surface area contributed by atoms with Crippen LogP contribution in [0, 0.1) is 0 Å². The molecule has 6 heteroatoms. The van der Waals surface area contributed by atoms with Crippen molar-refractivity contribution < 1.29 is 9.59 Å². The number of ketones is 2. The quantitative estimate of drug-likeness (QED) is 0.182. The van der Waals surface area contributed by atoms with Crippen LogP contribution in [0.25, 0.3) is 90.4 Å². The van der Waals surface area contributed by atoms with Gasteiger partial charge in [-0.15, -0.1) is 0 Å². The Balaban J connectivity index is 1.34. The molecule has 0 atom stereocenters. The van der Waals surface area contributed by atoms with Gasteiger partial charge in [0.1, 0.15) is 0 Å². The van der Waals surface area contributed by atoms with Crippen molar-refractivity contribution in [3.8, 4) is 44.5 Å². The lowest BCUT2D eigenvalue weighted by Crippen LogP contribution is -2.11. The summed E-state index contributed by atoms with van der Waals surface area (Å²) in [5.41, 5.74) is 16.9. The van der Waals surface area contributed by atoms with Gasteiger partial charge in [0.05, 0.1) is 22.8 Å². The van der Waals surface area contributed by atoms with Crippen molar-refractivity contribution in [1.82, 2.24) is 19.9 Å². The van der Waals surface area contributed by atoms with Gasteiger partial charge in [0.2, 0.25) is 0 Å². The van der Waals surface area contributed by atoms with E-state index in [2.05, 4.69) is 113 Å². The summed E-state index contributed by atoms with van der Waals surface area (Å²) in [4.78, 5) is 44.9. The zero-order valence-corrected chi connectivity index (χ0v) is 32.2. The molecule has 0 amide bonds. The van der Waals surface area contributed by atoms with Crippen molar-refractivity contribution in [2.75, 3.05) is 0 Å². The molecule has 8 aromatic rings. The van der Waals surface area contributed by atoms with Crippen molar-refractivity contribution in [2.24, 2.45) is 0 Å². The summed E-state index contributed by atoms with van der Waals surface area (Å²) in [6.45, 7) is 0. The summed E-state index contributed by atoms with van der Waals surface area (Å²) in [5.74, 6) is -0.384. The summed E-state index contributed by atoms with van der Waals surface area (Å²) >= 11 is 0. The van der Waals surface area contributed by atoms with Crippen molar-refractivity contribution in [3.05, 3.63) is 215 Å². The first-order valence-corrected chi connectivity index (χ1v) is 19.9. The van der Waals surface area contributed by atoms with E-state index in [0.717, 1.165) is 100 Å². The number of fused-ring (bicyclic) bond motifs is 9. The van der Waals surface area contributed by atoms with Crippen molar-refractivity contribution in [1.29, 1.82) is 0 Å². The molecular formula is C54H34N4O2. The maximum Gasteiger partial charge on any atom is 0.186 e. The summed E-state index contributed by atoms with van der Waals surface area (Å²) < 4.78 is 0. The van der Waals surface area contributed by atoms with Crippen LogP contribution in [0.1, 0.15) is 49.1 Å². The van der Waals surface area contributed by atoms with Crippen LogP contribution in [0.2, 0.25) is 0 Å². The van der Waals surface area contributed by atoms with E-state index in [1.54, 1.807) is 6.07 Å². The highest BCUT2D eigenvalue weighted by molar-refractivity contribution is 6.22. The Labute approximate surface area is 345 Å². The first kappa shape index (κ1) is 35.0. The van der Waals surface area contributed by atoms with Crippen LogP contribution in [0.15, 0.2) is 176 Å². The minimum atomic E-state index is -0.200. The molecule has 0 fully saturated rings. The van der Waals surface area contributed by atoms with E-state index in [1.807, 2.05) is 72.8 Å². The number of nitrogens with zero attached hydrogens (tertiary/aromatic N) is 2. The second-order valence-electron chi connectivity index (χ2n) is 15.0. The van der Waals surface area contributed by atoms with Crippen LogP contribution < -0.4 is 0 Å². The van der Waals surface area contributed by atoms with Crippen LogP contribution in [-0.4, -0.2) is 31.5 Å². The molecule has 11 rings (SSSR count). The fraction of sp³-hybridized carbons (Fsp3) is 0. The van der Waals surface area contributed by atoms with Gasteiger partial charge < -0.3 is 9.97 Å². The van der Waals surface area contributed by atoms with E-state index in [0.29, 0.717) is 11.1 Å². The molecule has 2 aliphatic heterocycles.